The van der Waals surface area contributed by atoms with Gasteiger partial charge in [-0.25, -0.2) is 0 Å². The molecule has 1 amide bonds. The highest BCUT2D eigenvalue weighted by molar-refractivity contribution is 5.95. The van der Waals surface area contributed by atoms with Gasteiger partial charge in [-0.2, -0.15) is 0 Å². The average Bonchev–Trinajstić information content (AvgIpc) is 2.79. The molecule has 156 valence electrons. The summed E-state index contributed by atoms with van der Waals surface area (Å²) in [5.41, 5.74) is 1.29. The van der Waals surface area contributed by atoms with Crippen LogP contribution in [0.1, 0.15) is 35.9 Å². The second kappa shape index (κ2) is 10.9. The van der Waals surface area contributed by atoms with Crippen molar-refractivity contribution < 1.29 is 19.0 Å². The first-order valence-corrected chi connectivity index (χ1v) is 9.96. The fraction of sp³-hybridized carbons (Fsp3) is 0.250. The first-order chi connectivity index (χ1) is 14.7. The van der Waals surface area contributed by atoms with Crippen LogP contribution in [-0.2, 0) is 0 Å². The van der Waals surface area contributed by atoms with E-state index in [9.17, 15) is 4.79 Å². The third-order valence-electron chi connectivity index (χ3n) is 4.34. The van der Waals surface area contributed by atoms with Crippen LogP contribution in [0, 0.1) is 0 Å². The number of hydrogen-bond acceptors (Lipinski definition) is 5. The lowest BCUT2D eigenvalue weighted by Gasteiger charge is -2.16. The number of para-hydroxylation sites is 1. The van der Waals surface area contributed by atoms with E-state index in [0.717, 1.165) is 11.4 Å². The Balaban J connectivity index is 1.60. The Morgan fingerprint density at radius 3 is 2.43 bits per heavy atom. The van der Waals surface area contributed by atoms with Crippen LogP contribution < -0.4 is 19.5 Å². The van der Waals surface area contributed by atoms with Crippen molar-refractivity contribution in [3.8, 4) is 17.2 Å². The molecule has 1 unspecified atom stereocenters. The van der Waals surface area contributed by atoms with Crippen molar-refractivity contribution in [2.45, 2.75) is 19.9 Å². The van der Waals surface area contributed by atoms with Crippen molar-refractivity contribution in [1.82, 2.24) is 10.3 Å². The van der Waals surface area contributed by atoms with E-state index >= 15 is 0 Å². The lowest BCUT2D eigenvalue weighted by molar-refractivity contribution is 0.0938. The molecule has 0 radical (unpaired) electrons. The van der Waals surface area contributed by atoms with Gasteiger partial charge in [-0.3, -0.25) is 9.78 Å². The van der Waals surface area contributed by atoms with E-state index in [1.807, 2.05) is 62.4 Å². The van der Waals surface area contributed by atoms with E-state index in [4.69, 9.17) is 14.2 Å². The van der Waals surface area contributed by atoms with Gasteiger partial charge in [0.05, 0.1) is 18.3 Å². The first-order valence-electron chi connectivity index (χ1n) is 9.96. The highest BCUT2D eigenvalue weighted by atomic mass is 16.5. The van der Waals surface area contributed by atoms with E-state index in [1.165, 1.54) is 0 Å². The fourth-order valence-corrected chi connectivity index (χ4v) is 2.85. The molecule has 0 aliphatic carbocycles. The van der Waals surface area contributed by atoms with Crippen molar-refractivity contribution in [2.24, 2.45) is 0 Å². The standard InChI is InChI=1S/C24H26N2O4/c1-3-28-23-17-19(24(27)26-18(2)21-11-7-8-14-25-21)12-13-22(23)30-16-15-29-20-9-5-4-6-10-20/h4-14,17-18H,3,15-16H2,1-2H3,(H,26,27). The molecule has 3 aromatic rings. The number of pyridine rings is 1. The van der Waals surface area contributed by atoms with Crippen LogP contribution in [-0.4, -0.2) is 30.7 Å². The summed E-state index contributed by atoms with van der Waals surface area (Å²) in [6.45, 7) is 5.01. The number of carbonyl (C=O) groups is 1. The number of rotatable bonds is 10. The Hall–Kier alpha value is -3.54. The summed E-state index contributed by atoms with van der Waals surface area (Å²) in [4.78, 5) is 16.9. The summed E-state index contributed by atoms with van der Waals surface area (Å²) >= 11 is 0. The van der Waals surface area contributed by atoms with Crippen LogP contribution >= 0.6 is 0 Å². The van der Waals surface area contributed by atoms with Gasteiger partial charge in [0.15, 0.2) is 11.5 Å². The summed E-state index contributed by atoms with van der Waals surface area (Å²) < 4.78 is 17.1. The number of nitrogens with zero attached hydrogens (tertiary/aromatic N) is 1. The highest BCUT2D eigenvalue weighted by Gasteiger charge is 2.15. The number of aromatic nitrogens is 1. The van der Waals surface area contributed by atoms with Crippen LogP contribution in [0.15, 0.2) is 72.9 Å². The maximum atomic E-state index is 12.7. The normalized spacial score (nSPS) is 11.4. The molecule has 0 saturated heterocycles. The molecular formula is C24H26N2O4. The minimum absolute atomic E-state index is 0.201. The molecular weight excluding hydrogens is 380 g/mol. The Morgan fingerprint density at radius 2 is 1.70 bits per heavy atom. The van der Waals surface area contributed by atoms with Crippen LogP contribution in [0.4, 0.5) is 0 Å². The molecule has 3 rings (SSSR count). The third kappa shape index (κ3) is 5.98. The summed E-state index contributed by atoms with van der Waals surface area (Å²) in [5, 5.41) is 2.95. The third-order valence-corrected chi connectivity index (χ3v) is 4.34. The molecule has 30 heavy (non-hydrogen) atoms. The number of hydrogen-bond donors (Lipinski definition) is 1. The van der Waals surface area contributed by atoms with Gasteiger partial charge >= 0.3 is 0 Å². The average molecular weight is 406 g/mol. The molecule has 0 bridgehead atoms. The molecule has 0 aliphatic heterocycles. The van der Waals surface area contributed by atoms with Crippen molar-refractivity contribution in [3.63, 3.8) is 0 Å². The van der Waals surface area contributed by atoms with Crippen molar-refractivity contribution in [2.75, 3.05) is 19.8 Å². The molecule has 0 aliphatic rings. The Morgan fingerprint density at radius 1 is 0.933 bits per heavy atom. The molecule has 0 saturated carbocycles. The molecule has 0 spiro atoms. The topological polar surface area (TPSA) is 69.7 Å². The van der Waals surface area contributed by atoms with Crippen molar-refractivity contribution in [3.05, 3.63) is 84.2 Å². The molecule has 1 heterocycles. The second-order valence-corrected chi connectivity index (χ2v) is 6.55. The Kier molecular flexibility index (Phi) is 7.66. The van der Waals surface area contributed by atoms with Gasteiger partial charge in [0.25, 0.3) is 5.91 Å². The van der Waals surface area contributed by atoms with Crippen molar-refractivity contribution in [1.29, 1.82) is 0 Å². The second-order valence-electron chi connectivity index (χ2n) is 6.55. The summed E-state index contributed by atoms with van der Waals surface area (Å²) in [6, 6.07) is 20.1. The van der Waals surface area contributed by atoms with Gasteiger partial charge in [-0.15, -0.1) is 0 Å². The Bertz CT molecular complexity index is 932. The maximum Gasteiger partial charge on any atom is 0.251 e. The predicted molar refractivity (Wildman–Crippen MR) is 115 cm³/mol. The smallest absolute Gasteiger partial charge is 0.251 e. The zero-order valence-corrected chi connectivity index (χ0v) is 17.2. The summed E-state index contributed by atoms with van der Waals surface area (Å²) in [7, 11) is 0. The van der Waals surface area contributed by atoms with Gasteiger partial charge < -0.3 is 19.5 Å². The van der Waals surface area contributed by atoms with Crippen LogP contribution in [0.3, 0.4) is 0 Å². The highest BCUT2D eigenvalue weighted by Crippen LogP contribution is 2.29. The Labute approximate surface area is 176 Å². The van der Waals surface area contributed by atoms with E-state index in [0.29, 0.717) is 36.9 Å². The number of nitrogens with one attached hydrogen (secondary N) is 1. The van der Waals surface area contributed by atoms with Gasteiger partial charge in [0, 0.05) is 11.8 Å². The summed E-state index contributed by atoms with van der Waals surface area (Å²) in [5.74, 6) is 1.69. The van der Waals surface area contributed by atoms with Gasteiger partial charge in [0.2, 0.25) is 0 Å². The van der Waals surface area contributed by atoms with Crippen LogP contribution in [0.25, 0.3) is 0 Å². The van der Waals surface area contributed by atoms with Gasteiger partial charge in [-0.05, 0) is 56.3 Å². The van der Waals surface area contributed by atoms with Crippen LogP contribution in [0.2, 0.25) is 0 Å². The maximum absolute atomic E-state index is 12.7. The largest absolute Gasteiger partial charge is 0.490 e. The quantitative estimate of drug-likeness (QED) is 0.505. The minimum Gasteiger partial charge on any atom is -0.490 e. The predicted octanol–water partition coefficient (Wildman–Crippen LogP) is 4.43. The van der Waals surface area contributed by atoms with E-state index in [1.54, 1.807) is 24.4 Å². The fourth-order valence-electron chi connectivity index (χ4n) is 2.85. The van der Waals surface area contributed by atoms with Crippen LogP contribution in [0.5, 0.6) is 17.2 Å². The monoisotopic (exact) mass is 406 g/mol. The number of ether oxygens (including phenoxy) is 3. The lowest BCUT2D eigenvalue weighted by Crippen LogP contribution is -2.27. The SMILES string of the molecule is CCOc1cc(C(=O)NC(C)c2ccccn2)ccc1OCCOc1ccccc1. The number of benzene rings is 2. The van der Waals surface area contributed by atoms with E-state index in [2.05, 4.69) is 10.3 Å². The number of carbonyl (C=O) groups excluding carboxylic acids is 1. The molecule has 1 aromatic heterocycles. The molecule has 1 atom stereocenters. The van der Waals surface area contributed by atoms with Gasteiger partial charge in [-0.1, -0.05) is 24.3 Å². The van der Waals surface area contributed by atoms with Gasteiger partial charge in [0.1, 0.15) is 19.0 Å². The van der Waals surface area contributed by atoms with E-state index in [-0.39, 0.29) is 11.9 Å². The summed E-state index contributed by atoms with van der Waals surface area (Å²) in [6.07, 6.45) is 1.71. The minimum atomic E-state index is -0.208. The van der Waals surface area contributed by atoms with E-state index < -0.39 is 0 Å². The molecule has 6 heteroatoms. The zero-order valence-electron chi connectivity index (χ0n) is 17.2. The zero-order chi connectivity index (χ0) is 21.2. The number of amides is 1. The molecule has 0 fully saturated rings. The van der Waals surface area contributed by atoms with Crippen molar-refractivity contribution >= 4 is 5.91 Å². The lowest BCUT2D eigenvalue weighted by atomic mass is 10.1. The molecule has 1 N–H and O–H groups in total. The molecule has 6 nitrogen and oxygen atoms in total. The molecule has 2 aromatic carbocycles. The first kappa shape index (κ1) is 21.2.